The highest BCUT2D eigenvalue weighted by Crippen LogP contribution is 2.02. The minimum absolute atomic E-state index is 0. The van der Waals surface area contributed by atoms with Crippen LogP contribution in [0.25, 0.3) is 0 Å². The molecule has 0 fully saturated rings. The molecule has 0 unspecified atom stereocenters. The van der Waals surface area contributed by atoms with Gasteiger partial charge in [0.25, 0.3) is 0 Å². The van der Waals surface area contributed by atoms with Gasteiger partial charge in [0.15, 0.2) is 0 Å². The summed E-state index contributed by atoms with van der Waals surface area (Å²) in [6, 6.07) is 7.20. The van der Waals surface area contributed by atoms with Gasteiger partial charge in [0.1, 0.15) is 0 Å². The molecule has 0 saturated carbocycles. The zero-order valence-corrected chi connectivity index (χ0v) is 10.7. The van der Waals surface area contributed by atoms with Crippen LogP contribution < -0.4 is 11.9 Å². The number of rotatable bonds is 0. The second-order valence-electron chi connectivity index (χ2n) is 2.77. The molecule has 0 radical (unpaired) electrons. The van der Waals surface area contributed by atoms with Gasteiger partial charge in [-0.25, -0.2) is 0 Å². The van der Waals surface area contributed by atoms with Crippen LogP contribution in [0, 0.1) is 47.9 Å². The molecule has 0 saturated heterocycles. The molecule has 0 aromatic heterocycles. The van der Waals surface area contributed by atoms with E-state index in [0.717, 1.165) is 11.3 Å². The quantitative estimate of drug-likeness (QED) is 0.537. The molecule has 2 nitrogen and oxygen atoms in total. The third kappa shape index (κ3) is 9.76. The van der Waals surface area contributed by atoms with E-state index in [0.29, 0.717) is 0 Å². The van der Waals surface area contributed by atoms with Crippen LogP contribution in [0.5, 0.6) is 0 Å². The molecule has 0 aliphatic heterocycles. The van der Waals surface area contributed by atoms with E-state index >= 15 is 0 Å². The minimum atomic E-state index is 0. The minimum Gasteiger partial charge on any atom is -0.399 e. The Labute approximate surface area is 110 Å². The van der Waals surface area contributed by atoms with Crippen molar-refractivity contribution < 1.29 is 0 Å². The summed E-state index contributed by atoms with van der Waals surface area (Å²) in [5.41, 5.74) is 7.02. The number of nitrogen functional groups attached to an aromatic ring is 1. The molecule has 5 N–H and O–H groups in total. The lowest BCUT2D eigenvalue weighted by Crippen LogP contribution is -1.82. The topological polar surface area (TPSA) is 61.0 Å². The molecule has 0 amide bonds. The SMILES string of the molecule is C#Cc1ccc(N)cc1.CC#CC#CC#CC.N. The number of hydrogen-bond acceptors (Lipinski definition) is 2. The Hall–Kier alpha value is -2.78. The van der Waals surface area contributed by atoms with Gasteiger partial charge in [-0.3, -0.25) is 0 Å². The zero-order chi connectivity index (χ0) is 12.9. The monoisotopic (exact) mass is 236 g/mol. The fourth-order valence-electron chi connectivity index (χ4n) is 0.767. The number of anilines is 1. The van der Waals surface area contributed by atoms with Crippen LogP contribution in [0.15, 0.2) is 24.3 Å². The standard InChI is InChI=1S/C8H7N.C8H6.H3N/c1-2-7-3-5-8(9)6-4-7;1-3-5-7-8-6-4-2;/h1,3-6H,9H2;1-2H3;1H3. The second kappa shape index (κ2) is 12.3. The average Bonchev–Trinajstić information content (AvgIpc) is 2.37. The Bertz CT molecular complexity index is 532. The lowest BCUT2D eigenvalue weighted by Gasteiger charge is -1.89. The molecule has 2 heteroatoms. The summed E-state index contributed by atoms with van der Waals surface area (Å²) in [4.78, 5) is 0. The Morgan fingerprint density at radius 1 is 0.889 bits per heavy atom. The summed E-state index contributed by atoms with van der Waals surface area (Å²) in [6.07, 6.45) is 5.11. The first-order chi connectivity index (χ1) is 8.24. The normalized spacial score (nSPS) is 5.83. The van der Waals surface area contributed by atoms with Crippen LogP contribution in [-0.2, 0) is 0 Å². The Kier molecular flexibility index (Phi) is 12.0. The smallest absolute Gasteiger partial charge is 0.0314 e. The van der Waals surface area contributed by atoms with Gasteiger partial charge in [0.2, 0.25) is 0 Å². The van der Waals surface area contributed by atoms with Gasteiger partial charge in [-0.15, -0.1) is 6.42 Å². The molecule has 0 atom stereocenters. The molecule has 0 aliphatic carbocycles. The van der Waals surface area contributed by atoms with Crippen molar-refractivity contribution in [1.82, 2.24) is 6.15 Å². The van der Waals surface area contributed by atoms with E-state index < -0.39 is 0 Å². The highest BCUT2D eigenvalue weighted by Gasteiger charge is 1.83. The predicted molar refractivity (Wildman–Crippen MR) is 78.5 cm³/mol. The van der Waals surface area contributed by atoms with Crippen LogP contribution >= 0.6 is 0 Å². The largest absolute Gasteiger partial charge is 0.399 e. The summed E-state index contributed by atoms with van der Waals surface area (Å²) < 4.78 is 0. The Morgan fingerprint density at radius 2 is 1.33 bits per heavy atom. The highest BCUT2D eigenvalue weighted by molar-refractivity contribution is 5.43. The molecule has 0 spiro atoms. The first-order valence-electron chi connectivity index (χ1n) is 4.90. The van der Waals surface area contributed by atoms with E-state index in [1.165, 1.54) is 0 Å². The summed E-state index contributed by atoms with van der Waals surface area (Å²) in [5, 5.41) is 0. The van der Waals surface area contributed by atoms with Gasteiger partial charge in [0, 0.05) is 11.3 Å². The van der Waals surface area contributed by atoms with Crippen LogP contribution in [0.2, 0.25) is 0 Å². The van der Waals surface area contributed by atoms with Crippen molar-refractivity contribution in [1.29, 1.82) is 0 Å². The van der Waals surface area contributed by atoms with Crippen LogP contribution in [0.3, 0.4) is 0 Å². The maximum atomic E-state index is 5.41. The molecule has 0 aliphatic rings. The van der Waals surface area contributed by atoms with Crippen molar-refractivity contribution in [2.45, 2.75) is 13.8 Å². The van der Waals surface area contributed by atoms with E-state index in [-0.39, 0.29) is 6.15 Å². The van der Waals surface area contributed by atoms with Gasteiger partial charge >= 0.3 is 0 Å². The lowest BCUT2D eigenvalue weighted by molar-refractivity contribution is 1.64. The van der Waals surface area contributed by atoms with Crippen molar-refractivity contribution in [3.8, 4) is 47.9 Å². The third-order valence-corrected chi connectivity index (χ3v) is 1.51. The van der Waals surface area contributed by atoms with E-state index in [4.69, 9.17) is 12.2 Å². The summed E-state index contributed by atoms with van der Waals surface area (Å²) >= 11 is 0. The molecule has 0 bridgehead atoms. The Morgan fingerprint density at radius 3 is 1.67 bits per heavy atom. The average molecular weight is 236 g/mol. The lowest BCUT2D eigenvalue weighted by atomic mass is 10.2. The maximum Gasteiger partial charge on any atom is 0.0314 e. The number of benzene rings is 1. The number of hydrogen-bond donors (Lipinski definition) is 2. The Balaban J connectivity index is 0. The van der Waals surface area contributed by atoms with Crippen LogP contribution in [0.1, 0.15) is 19.4 Å². The molecule has 90 valence electrons. The van der Waals surface area contributed by atoms with Crippen LogP contribution in [0.4, 0.5) is 5.69 Å². The van der Waals surface area contributed by atoms with Gasteiger partial charge in [-0.2, -0.15) is 0 Å². The number of terminal acetylenes is 1. The van der Waals surface area contributed by atoms with E-state index in [2.05, 4.69) is 41.4 Å². The fourth-order valence-corrected chi connectivity index (χ4v) is 0.767. The number of nitrogens with two attached hydrogens (primary N) is 1. The molecule has 18 heavy (non-hydrogen) atoms. The molecule has 0 heterocycles. The second-order valence-corrected chi connectivity index (χ2v) is 2.77. The van der Waals surface area contributed by atoms with Crippen molar-refractivity contribution >= 4 is 5.69 Å². The molecule has 1 aromatic rings. The van der Waals surface area contributed by atoms with E-state index in [1.54, 1.807) is 26.0 Å². The molecular formula is C16H16N2. The van der Waals surface area contributed by atoms with Gasteiger partial charge < -0.3 is 11.9 Å². The molecular weight excluding hydrogens is 220 g/mol. The first kappa shape index (κ1) is 17.6. The fraction of sp³-hybridized carbons (Fsp3) is 0.125. The van der Waals surface area contributed by atoms with Gasteiger partial charge in [0.05, 0.1) is 0 Å². The van der Waals surface area contributed by atoms with Crippen molar-refractivity contribution in [3.05, 3.63) is 29.8 Å². The maximum absolute atomic E-state index is 5.41. The van der Waals surface area contributed by atoms with Crippen molar-refractivity contribution in [2.24, 2.45) is 0 Å². The molecule has 1 aromatic carbocycles. The van der Waals surface area contributed by atoms with Crippen molar-refractivity contribution in [2.75, 3.05) is 5.73 Å². The summed E-state index contributed by atoms with van der Waals surface area (Å²) in [7, 11) is 0. The predicted octanol–water partition coefficient (Wildman–Crippen LogP) is 2.45. The van der Waals surface area contributed by atoms with Crippen molar-refractivity contribution in [3.63, 3.8) is 0 Å². The summed E-state index contributed by atoms with van der Waals surface area (Å²) in [6.45, 7) is 3.49. The molecule has 1 rings (SSSR count). The van der Waals surface area contributed by atoms with Gasteiger partial charge in [-0.05, 0) is 61.8 Å². The highest BCUT2D eigenvalue weighted by atomic mass is 14.5. The van der Waals surface area contributed by atoms with E-state index in [1.807, 2.05) is 12.1 Å². The van der Waals surface area contributed by atoms with Crippen LogP contribution in [-0.4, -0.2) is 0 Å². The summed E-state index contributed by atoms with van der Waals surface area (Å²) in [5.74, 6) is 18.0. The zero-order valence-electron chi connectivity index (χ0n) is 10.7. The van der Waals surface area contributed by atoms with E-state index in [9.17, 15) is 0 Å². The third-order valence-electron chi connectivity index (χ3n) is 1.51. The first-order valence-corrected chi connectivity index (χ1v) is 4.90. The van der Waals surface area contributed by atoms with Gasteiger partial charge in [-0.1, -0.05) is 17.8 Å².